The number of methoxy groups -OCH3 is 2. The van der Waals surface area contributed by atoms with Gasteiger partial charge in [0.25, 0.3) is 5.91 Å². The molecule has 0 saturated carbocycles. The summed E-state index contributed by atoms with van der Waals surface area (Å²) in [5.74, 6) is 0.695. The number of rotatable bonds is 10. The number of furan rings is 1. The predicted octanol–water partition coefficient (Wildman–Crippen LogP) is 6.22. The number of carbonyl (C=O) groups is 2. The first-order valence-electron chi connectivity index (χ1n) is 12.9. The van der Waals surface area contributed by atoms with Crippen molar-refractivity contribution >= 4 is 28.5 Å². The fourth-order valence-electron chi connectivity index (χ4n) is 4.35. The summed E-state index contributed by atoms with van der Waals surface area (Å²) in [7, 11) is 3.13. The molecule has 0 atom stereocenters. The lowest BCUT2D eigenvalue weighted by molar-refractivity contribution is -0.149. The maximum atomic E-state index is 12.7. The zero-order chi connectivity index (χ0) is 29.5. The lowest BCUT2D eigenvalue weighted by Crippen LogP contribution is -2.23. The van der Waals surface area contributed by atoms with Crippen LogP contribution in [0.25, 0.3) is 33.2 Å². The number of nitrogens with zero attached hydrogens (tertiary/aromatic N) is 1. The summed E-state index contributed by atoms with van der Waals surface area (Å²) < 4.78 is 27.2. The zero-order valence-corrected chi connectivity index (χ0v) is 22.9. The molecule has 0 aliphatic rings. The topological polar surface area (TPSA) is 120 Å². The normalized spacial score (nSPS) is 10.5. The van der Waals surface area contributed by atoms with Crippen LogP contribution in [0.4, 0.5) is 5.88 Å². The number of fused-ring (bicyclic) bond motifs is 1. The average molecular weight is 563 g/mol. The highest BCUT2D eigenvalue weighted by atomic mass is 16.6. The fourth-order valence-corrected chi connectivity index (χ4v) is 4.35. The third-order valence-corrected chi connectivity index (χ3v) is 6.45. The molecular weight excluding hydrogens is 536 g/mol. The minimum atomic E-state index is -0.726. The average Bonchev–Trinajstić information content (AvgIpc) is 3.40. The number of benzene rings is 4. The van der Waals surface area contributed by atoms with E-state index in [-0.39, 0.29) is 18.1 Å². The van der Waals surface area contributed by atoms with Gasteiger partial charge in [0.15, 0.2) is 13.2 Å². The van der Waals surface area contributed by atoms with E-state index in [0.29, 0.717) is 39.7 Å². The van der Waals surface area contributed by atoms with E-state index < -0.39 is 18.5 Å². The first kappa shape index (κ1) is 27.8. The lowest BCUT2D eigenvalue weighted by Gasteiger charge is -2.08. The number of amides is 1. The minimum Gasteiger partial charge on any atom is -0.497 e. The third-order valence-electron chi connectivity index (χ3n) is 6.45. The van der Waals surface area contributed by atoms with Gasteiger partial charge in [-0.05, 0) is 64.9 Å². The molecule has 0 saturated heterocycles. The van der Waals surface area contributed by atoms with Crippen LogP contribution in [0.3, 0.4) is 0 Å². The van der Waals surface area contributed by atoms with Crippen LogP contribution >= 0.6 is 0 Å². The van der Waals surface area contributed by atoms with Crippen molar-refractivity contribution in [3.05, 3.63) is 96.6 Å². The largest absolute Gasteiger partial charge is 0.497 e. The van der Waals surface area contributed by atoms with E-state index in [2.05, 4.69) is 11.4 Å². The molecule has 5 rings (SSSR count). The van der Waals surface area contributed by atoms with Crippen molar-refractivity contribution in [2.45, 2.75) is 0 Å². The molecule has 0 fully saturated rings. The highest BCUT2D eigenvalue weighted by Gasteiger charge is 2.25. The Kier molecular flexibility index (Phi) is 8.35. The lowest BCUT2D eigenvalue weighted by atomic mass is 9.98. The fraction of sp³-hybridized carbons (Fsp3) is 0.121. The maximum Gasteiger partial charge on any atom is 0.344 e. The Labute approximate surface area is 241 Å². The number of hydrogen-bond acceptors (Lipinski definition) is 8. The van der Waals surface area contributed by atoms with Crippen LogP contribution in [0, 0.1) is 11.3 Å². The van der Waals surface area contributed by atoms with E-state index in [0.717, 1.165) is 10.8 Å². The van der Waals surface area contributed by atoms with E-state index in [9.17, 15) is 14.9 Å². The van der Waals surface area contributed by atoms with Crippen molar-refractivity contribution in [3.63, 3.8) is 0 Å². The third kappa shape index (κ3) is 6.18. The second kappa shape index (κ2) is 12.6. The number of esters is 1. The Bertz CT molecular complexity index is 1770. The molecule has 1 heterocycles. The highest BCUT2D eigenvalue weighted by molar-refractivity contribution is 5.97. The maximum absolute atomic E-state index is 12.7. The summed E-state index contributed by atoms with van der Waals surface area (Å²) >= 11 is 0. The smallest absolute Gasteiger partial charge is 0.344 e. The molecule has 0 aliphatic carbocycles. The molecule has 210 valence electrons. The Balaban J connectivity index is 1.30. The molecule has 1 amide bonds. The van der Waals surface area contributed by atoms with Gasteiger partial charge in [-0.25, -0.2) is 4.79 Å². The van der Waals surface area contributed by atoms with Gasteiger partial charge in [0.1, 0.15) is 34.6 Å². The number of nitrogens with one attached hydrogen (secondary N) is 1. The Morgan fingerprint density at radius 2 is 1.40 bits per heavy atom. The van der Waals surface area contributed by atoms with Crippen LogP contribution in [0.5, 0.6) is 17.2 Å². The summed E-state index contributed by atoms with van der Waals surface area (Å²) in [5, 5.41) is 14.6. The van der Waals surface area contributed by atoms with Gasteiger partial charge in [-0.3, -0.25) is 10.1 Å². The van der Waals surface area contributed by atoms with Crippen LogP contribution in [-0.4, -0.2) is 39.3 Å². The minimum absolute atomic E-state index is 0.0670. The Hall–Kier alpha value is -5.75. The van der Waals surface area contributed by atoms with Crippen molar-refractivity contribution in [1.82, 2.24) is 0 Å². The SMILES string of the molecule is COc1ccc(-c2oc(NC(=O)COC(=O)COc3ccc4ccccc4c3)c(C#N)c2-c2ccc(OC)cc2)cc1. The standard InChI is InChI=1S/C33H26N2O7/c1-38-25-12-8-22(9-13-25)31-28(18-34)33(42-32(31)23-10-14-26(39-2)15-11-23)35-29(36)19-41-30(37)20-40-27-16-7-21-5-3-4-6-24(21)17-27/h3-17H,19-20H2,1-2H3,(H,35,36). The molecule has 4 aromatic carbocycles. The molecule has 42 heavy (non-hydrogen) atoms. The van der Waals surface area contributed by atoms with Gasteiger partial charge < -0.3 is 23.4 Å². The molecule has 9 heteroatoms. The van der Waals surface area contributed by atoms with Crippen LogP contribution in [0.2, 0.25) is 0 Å². The quantitative estimate of drug-likeness (QED) is 0.199. The van der Waals surface area contributed by atoms with Gasteiger partial charge in [-0.15, -0.1) is 0 Å². The summed E-state index contributed by atoms with van der Waals surface area (Å²) in [6.45, 7) is -0.972. The van der Waals surface area contributed by atoms with Crippen LogP contribution < -0.4 is 19.5 Å². The summed E-state index contributed by atoms with van der Waals surface area (Å²) in [6, 6.07) is 29.6. The van der Waals surface area contributed by atoms with Gasteiger partial charge in [0.2, 0.25) is 5.88 Å². The molecule has 1 N–H and O–H groups in total. The molecule has 0 aliphatic heterocycles. The van der Waals surface area contributed by atoms with E-state index >= 15 is 0 Å². The Morgan fingerprint density at radius 3 is 2.05 bits per heavy atom. The van der Waals surface area contributed by atoms with E-state index in [1.54, 1.807) is 68.8 Å². The number of ether oxygens (including phenoxy) is 4. The van der Waals surface area contributed by atoms with E-state index in [1.807, 2.05) is 36.4 Å². The van der Waals surface area contributed by atoms with Gasteiger partial charge in [-0.2, -0.15) is 5.26 Å². The molecule has 5 aromatic rings. The second-order valence-electron chi connectivity index (χ2n) is 9.09. The predicted molar refractivity (Wildman–Crippen MR) is 156 cm³/mol. The van der Waals surface area contributed by atoms with E-state index in [1.165, 1.54) is 0 Å². The number of hydrogen-bond donors (Lipinski definition) is 1. The van der Waals surface area contributed by atoms with Crippen molar-refractivity contribution in [2.75, 3.05) is 32.8 Å². The van der Waals surface area contributed by atoms with Gasteiger partial charge >= 0.3 is 5.97 Å². The van der Waals surface area contributed by atoms with Crippen molar-refractivity contribution < 1.29 is 33.0 Å². The summed E-state index contributed by atoms with van der Waals surface area (Å²) in [6.07, 6.45) is 0. The second-order valence-corrected chi connectivity index (χ2v) is 9.09. The first-order valence-corrected chi connectivity index (χ1v) is 12.9. The van der Waals surface area contributed by atoms with Crippen molar-refractivity contribution in [3.8, 4) is 45.8 Å². The summed E-state index contributed by atoms with van der Waals surface area (Å²) in [5.41, 5.74) is 1.95. The monoisotopic (exact) mass is 562 g/mol. The van der Waals surface area contributed by atoms with Crippen LogP contribution in [-0.2, 0) is 14.3 Å². The van der Waals surface area contributed by atoms with Gasteiger partial charge in [0, 0.05) is 11.1 Å². The molecule has 9 nitrogen and oxygen atoms in total. The molecule has 0 unspecified atom stereocenters. The van der Waals surface area contributed by atoms with Crippen LogP contribution in [0.1, 0.15) is 5.56 Å². The van der Waals surface area contributed by atoms with Gasteiger partial charge in [-0.1, -0.05) is 42.5 Å². The highest BCUT2D eigenvalue weighted by Crippen LogP contribution is 2.42. The zero-order valence-electron chi connectivity index (χ0n) is 22.9. The number of nitriles is 1. The Morgan fingerprint density at radius 1 is 0.786 bits per heavy atom. The number of carbonyl (C=O) groups excluding carboxylic acids is 2. The molecule has 0 radical (unpaired) electrons. The number of anilines is 1. The molecular formula is C33H26N2O7. The van der Waals surface area contributed by atoms with Crippen LogP contribution in [0.15, 0.2) is 95.4 Å². The molecule has 1 aromatic heterocycles. The van der Waals surface area contributed by atoms with Crippen molar-refractivity contribution in [2.24, 2.45) is 0 Å². The molecule has 0 bridgehead atoms. The van der Waals surface area contributed by atoms with Crippen molar-refractivity contribution in [1.29, 1.82) is 5.26 Å². The molecule has 0 spiro atoms. The summed E-state index contributed by atoms with van der Waals surface area (Å²) in [4.78, 5) is 25.0. The van der Waals surface area contributed by atoms with Gasteiger partial charge in [0.05, 0.1) is 14.2 Å². The first-order chi connectivity index (χ1) is 20.5. The van der Waals surface area contributed by atoms with E-state index in [4.69, 9.17) is 23.4 Å².